The first-order valence-electron chi connectivity index (χ1n) is 11.2. The van der Waals surface area contributed by atoms with Gasteiger partial charge in [0.15, 0.2) is 17.2 Å². The molecule has 190 valence electrons. The average molecular weight is 519 g/mol. The standard InChI is InChI=1S/C23H23FN3O8P/c1-4-23(30)14-6-17-20-12(8-27(17)21(28)13(14)9-34-22(23)29)19(25-10(2)3)11-5-18(35-36(31,32)33)15(24)7-16(11)26-20/h5-7,10,30H,4,8-9H2,1-3H3,(H,25,26)(H2,31,32,33)/t23-/m0/s1. The Kier molecular flexibility index (Phi) is 5.49. The van der Waals surface area contributed by atoms with Gasteiger partial charge >= 0.3 is 13.8 Å². The van der Waals surface area contributed by atoms with Gasteiger partial charge in [-0.1, -0.05) is 6.92 Å². The highest BCUT2D eigenvalue weighted by atomic mass is 31.2. The third-order valence-corrected chi connectivity index (χ3v) is 6.83. The lowest BCUT2D eigenvalue weighted by molar-refractivity contribution is -0.172. The summed E-state index contributed by atoms with van der Waals surface area (Å²) in [6, 6.07) is 3.58. The number of aromatic nitrogens is 2. The molecule has 2 aliphatic rings. The van der Waals surface area contributed by atoms with Gasteiger partial charge in [-0.3, -0.25) is 14.6 Å². The number of carbonyl (C=O) groups excluding carboxylic acids is 1. The number of carbonyl (C=O) groups is 1. The molecule has 0 saturated carbocycles. The summed E-state index contributed by atoms with van der Waals surface area (Å²) in [6.45, 7) is 5.15. The Morgan fingerprint density at radius 3 is 2.64 bits per heavy atom. The van der Waals surface area contributed by atoms with Gasteiger partial charge in [0.05, 0.1) is 34.7 Å². The minimum atomic E-state index is -5.03. The fourth-order valence-corrected chi connectivity index (χ4v) is 5.13. The Bertz CT molecular complexity index is 1560. The molecule has 4 N–H and O–H groups in total. The molecule has 0 saturated heterocycles. The van der Waals surface area contributed by atoms with E-state index in [1.165, 1.54) is 4.57 Å². The predicted octanol–water partition coefficient (Wildman–Crippen LogP) is 2.51. The zero-order valence-corrected chi connectivity index (χ0v) is 20.4. The molecule has 13 heteroatoms. The highest BCUT2D eigenvalue weighted by Crippen LogP contribution is 2.45. The highest BCUT2D eigenvalue weighted by molar-refractivity contribution is 7.46. The Hall–Kier alpha value is -3.31. The zero-order chi connectivity index (χ0) is 26.2. The Balaban J connectivity index is 1.79. The average Bonchev–Trinajstić information content (AvgIpc) is 3.15. The van der Waals surface area contributed by atoms with Crippen molar-refractivity contribution >= 4 is 30.4 Å². The van der Waals surface area contributed by atoms with E-state index in [1.807, 2.05) is 13.8 Å². The number of ether oxygens (including phenoxy) is 1. The Labute approximate surface area is 203 Å². The number of halogens is 1. The maximum absolute atomic E-state index is 14.7. The number of rotatable bonds is 5. The van der Waals surface area contributed by atoms with E-state index in [1.54, 1.807) is 13.0 Å². The number of cyclic esters (lactones) is 1. The molecule has 3 aromatic rings. The fourth-order valence-electron chi connectivity index (χ4n) is 4.73. The number of phosphoric acid groups is 1. The van der Waals surface area contributed by atoms with Crippen LogP contribution in [0.4, 0.5) is 10.1 Å². The van der Waals surface area contributed by atoms with Crippen molar-refractivity contribution in [1.29, 1.82) is 0 Å². The Morgan fingerprint density at radius 2 is 2.00 bits per heavy atom. The molecular formula is C23H23FN3O8P. The molecule has 2 aromatic heterocycles. The molecule has 2 aliphatic heterocycles. The van der Waals surface area contributed by atoms with Crippen LogP contribution in [0.25, 0.3) is 22.3 Å². The summed E-state index contributed by atoms with van der Waals surface area (Å²) in [6.07, 6.45) is -0.00650. The minimum absolute atomic E-state index is 0.00650. The third kappa shape index (κ3) is 3.68. The lowest BCUT2D eigenvalue weighted by Gasteiger charge is -2.31. The van der Waals surface area contributed by atoms with Crippen LogP contribution in [0.1, 0.15) is 43.9 Å². The summed E-state index contributed by atoms with van der Waals surface area (Å²) in [5.41, 5.74) is -0.194. The number of fused-ring (bicyclic) bond motifs is 5. The van der Waals surface area contributed by atoms with Gasteiger partial charge in [-0.15, -0.1) is 0 Å². The SMILES string of the molecule is CC[C@@]1(O)C(=O)OCc2c1cc1n(c2=O)Cc2c-1nc1cc(F)c(OP(=O)(O)O)cc1c2NC(C)C. The van der Waals surface area contributed by atoms with Crippen LogP contribution in [0.2, 0.25) is 0 Å². The van der Waals surface area contributed by atoms with Crippen molar-refractivity contribution in [3.63, 3.8) is 0 Å². The van der Waals surface area contributed by atoms with E-state index < -0.39 is 36.5 Å². The van der Waals surface area contributed by atoms with Crippen molar-refractivity contribution in [3.8, 4) is 17.1 Å². The number of esters is 1. The van der Waals surface area contributed by atoms with E-state index in [0.29, 0.717) is 28.0 Å². The molecule has 1 aromatic carbocycles. The molecule has 0 amide bonds. The van der Waals surface area contributed by atoms with E-state index in [-0.39, 0.29) is 42.3 Å². The molecule has 0 aliphatic carbocycles. The lowest BCUT2D eigenvalue weighted by atomic mass is 9.86. The van der Waals surface area contributed by atoms with Gasteiger partial charge in [-0.05, 0) is 32.4 Å². The maximum Gasteiger partial charge on any atom is 0.524 e. The van der Waals surface area contributed by atoms with Crippen molar-refractivity contribution in [2.75, 3.05) is 5.32 Å². The van der Waals surface area contributed by atoms with Crippen LogP contribution in [-0.4, -0.2) is 36.5 Å². The van der Waals surface area contributed by atoms with Gasteiger partial charge in [0.2, 0.25) is 0 Å². The molecule has 0 bridgehead atoms. The van der Waals surface area contributed by atoms with Gasteiger partial charge in [0.25, 0.3) is 5.56 Å². The monoisotopic (exact) mass is 519 g/mol. The first-order chi connectivity index (χ1) is 16.8. The number of aliphatic hydroxyl groups is 1. The highest BCUT2D eigenvalue weighted by Gasteiger charge is 2.45. The van der Waals surface area contributed by atoms with Crippen LogP contribution < -0.4 is 15.4 Å². The predicted molar refractivity (Wildman–Crippen MR) is 126 cm³/mol. The number of hydrogen-bond acceptors (Lipinski definition) is 8. The zero-order valence-electron chi connectivity index (χ0n) is 19.5. The third-order valence-electron chi connectivity index (χ3n) is 6.39. The summed E-state index contributed by atoms with van der Waals surface area (Å²) >= 11 is 0. The van der Waals surface area contributed by atoms with Crippen LogP contribution >= 0.6 is 7.82 Å². The molecule has 0 fully saturated rings. The lowest BCUT2D eigenvalue weighted by Crippen LogP contribution is -2.44. The van der Waals surface area contributed by atoms with Gasteiger partial charge in [-0.2, -0.15) is 0 Å². The van der Waals surface area contributed by atoms with Crippen LogP contribution in [0.3, 0.4) is 0 Å². The van der Waals surface area contributed by atoms with E-state index in [9.17, 15) is 23.7 Å². The van der Waals surface area contributed by atoms with E-state index in [4.69, 9.17) is 14.5 Å². The van der Waals surface area contributed by atoms with E-state index in [0.717, 1.165) is 12.1 Å². The molecule has 5 rings (SSSR count). The van der Waals surface area contributed by atoms with Crippen molar-refractivity contribution in [2.45, 2.75) is 52.0 Å². The molecule has 11 nitrogen and oxygen atoms in total. The largest absolute Gasteiger partial charge is 0.524 e. The molecule has 0 radical (unpaired) electrons. The minimum Gasteiger partial charge on any atom is -0.458 e. The summed E-state index contributed by atoms with van der Waals surface area (Å²) in [5, 5.41) is 14.6. The van der Waals surface area contributed by atoms with Crippen molar-refractivity contribution in [2.24, 2.45) is 0 Å². The van der Waals surface area contributed by atoms with Gasteiger partial charge < -0.3 is 24.3 Å². The number of benzene rings is 1. The van der Waals surface area contributed by atoms with Gasteiger partial charge in [-0.25, -0.2) is 18.7 Å². The smallest absolute Gasteiger partial charge is 0.458 e. The molecule has 0 unspecified atom stereocenters. The number of pyridine rings is 2. The van der Waals surface area contributed by atoms with Crippen molar-refractivity contribution < 1.29 is 37.9 Å². The summed E-state index contributed by atoms with van der Waals surface area (Å²) in [5.74, 6) is -2.51. The summed E-state index contributed by atoms with van der Waals surface area (Å²) < 4.78 is 37.1. The van der Waals surface area contributed by atoms with E-state index >= 15 is 0 Å². The second-order valence-electron chi connectivity index (χ2n) is 9.10. The van der Waals surface area contributed by atoms with Crippen LogP contribution in [-0.2, 0) is 32.8 Å². The number of anilines is 1. The van der Waals surface area contributed by atoms with Crippen molar-refractivity contribution in [1.82, 2.24) is 9.55 Å². The van der Waals surface area contributed by atoms with Gasteiger partial charge in [0, 0.05) is 28.6 Å². The normalized spacial score (nSPS) is 18.6. The molecule has 4 heterocycles. The quantitative estimate of drug-likeness (QED) is 0.228. The first kappa shape index (κ1) is 24.4. The summed E-state index contributed by atoms with van der Waals surface area (Å²) in [4.78, 5) is 48.7. The Morgan fingerprint density at radius 1 is 1.28 bits per heavy atom. The first-order valence-corrected chi connectivity index (χ1v) is 12.7. The number of hydrogen-bond donors (Lipinski definition) is 4. The van der Waals surface area contributed by atoms with Crippen LogP contribution in [0.5, 0.6) is 5.75 Å². The van der Waals surface area contributed by atoms with Crippen molar-refractivity contribution in [3.05, 3.63) is 51.1 Å². The molecule has 1 atom stereocenters. The fraction of sp³-hybridized carbons (Fsp3) is 0.348. The van der Waals surface area contributed by atoms with E-state index in [2.05, 4.69) is 14.8 Å². The number of phosphoric ester groups is 1. The molecular weight excluding hydrogens is 496 g/mol. The second kappa shape index (κ2) is 8.10. The molecule has 36 heavy (non-hydrogen) atoms. The number of nitrogens with one attached hydrogen (secondary N) is 1. The summed E-state index contributed by atoms with van der Waals surface area (Å²) in [7, 11) is -5.03. The van der Waals surface area contributed by atoms with Gasteiger partial charge in [0.1, 0.15) is 6.61 Å². The maximum atomic E-state index is 14.7. The van der Waals surface area contributed by atoms with Crippen LogP contribution in [0, 0.1) is 5.82 Å². The second-order valence-corrected chi connectivity index (χ2v) is 10.3. The molecule has 0 spiro atoms. The topological polar surface area (TPSA) is 160 Å². The van der Waals surface area contributed by atoms with Crippen LogP contribution in [0.15, 0.2) is 23.0 Å². The number of nitrogens with zero attached hydrogens (tertiary/aromatic N) is 2.